The molecule has 0 spiro atoms. The molecule has 3 heterocycles. The van der Waals surface area contributed by atoms with Gasteiger partial charge in [-0.25, -0.2) is 15.0 Å². The molecule has 0 aromatic carbocycles. The predicted octanol–water partition coefficient (Wildman–Crippen LogP) is 3.59. The third kappa shape index (κ3) is 2.74. The summed E-state index contributed by atoms with van der Waals surface area (Å²) in [7, 11) is 1.62. The third-order valence-corrected chi connectivity index (χ3v) is 5.42. The van der Waals surface area contributed by atoms with Crippen LogP contribution in [0.1, 0.15) is 28.8 Å². The number of ether oxygens (including phenoxy) is 1. The molecule has 4 rings (SSSR count). The lowest BCUT2D eigenvalue weighted by Gasteiger charge is -2.12. The fourth-order valence-electron chi connectivity index (χ4n) is 3.05. The first kappa shape index (κ1) is 14.4. The van der Waals surface area contributed by atoms with Crippen LogP contribution in [0.3, 0.4) is 0 Å². The Hall–Kier alpha value is -2.21. The molecule has 23 heavy (non-hydrogen) atoms. The SMILES string of the molecule is COc1ccc(CNc2ncnc3sc4c(c23)CCCC4)cn1. The van der Waals surface area contributed by atoms with E-state index in [-0.39, 0.29) is 0 Å². The number of aromatic nitrogens is 3. The van der Waals surface area contributed by atoms with E-state index in [0.29, 0.717) is 12.4 Å². The topological polar surface area (TPSA) is 59.9 Å². The van der Waals surface area contributed by atoms with Crippen molar-refractivity contribution in [2.24, 2.45) is 0 Å². The van der Waals surface area contributed by atoms with Crippen molar-refractivity contribution >= 4 is 27.4 Å². The molecule has 1 N–H and O–H groups in total. The van der Waals surface area contributed by atoms with Crippen LogP contribution in [0, 0.1) is 0 Å². The van der Waals surface area contributed by atoms with Crippen LogP contribution in [0.4, 0.5) is 5.82 Å². The fraction of sp³-hybridized carbons (Fsp3) is 0.353. The summed E-state index contributed by atoms with van der Waals surface area (Å²) in [5.74, 6) is 1.57. The van der Waals surface area contributed by atoms with Crippen LogP contribution in [0.5, 0.6) is 5.88 Å². The predicted molar refractivity (Wildman–Crippen MR) is 92.2 cm³/mol. The van der Waals surface area contributed by atoms with E-state index in [9.17, 15) is 0 Å². The fourth-order valence-corrected chi connectivity index (χ4v) is 4.28. The highest BCUT2D eigenvalue weighted by atomic mass is 32.1. The summed E-state index contributed by atoms with van der Waals surface area (Å²) >= 11 is 1.82. The van der Waals surface area contributed by atoms with Gasteiger partial charge in [0, 0.05) is 23.7 Å². The molecule has 0 fully saturated rings. The minimum absolute atomic E-state index is 0.630. The van der Waals surface area contributed by atoms with Gasteiger partial charge in [0.1, 0.15) is 17.0 Å². The summed E-state index contributed by atoms with van der Waals surface area (Å²) in [5, 5.41) is 4.67. The normalized spacial score (nSPS) is 13.8. The van der Waals surface area contributed by atoms with Gasteiger partial charge in [0.05, 0.1) is 12.5 Å². The monoisotopic (exact) mass is 326 g/mol. The number of aryl methyl sites for hydroxylation is 2. The molecule has 5 nitrogen and oxygen atoms in total. The summed E-state index contributed by atoms with van der Waals surface area (Å²) in [4.78, 5) is 15.8. The van der Waals surface area contributed by atoms with E-state index in [2.05, 4.69) is 20.3 Å². The van der Waals surface area contributed by atoms with Crippen molar-refractivity contribution in [3.63, 3.8) is 0 Å². The highest BCUT2D eigenvalue weighted by Gasteiger charge is 2.19. The lowest BCUT2D eigenvalue weighted by Crippen LogP contribution is -2.04. The van der Waals surface area contributed by atoms with Gasteiger partial charge in [-0.05, 0) is 36.8 Å². The molecular weight excluding hydrogens is 308 g/mol. The number of nitrogens with one attached hydrogen (secondary N) is 1. The van der Waals surface area contributed by atoms with E-state index in [0.717, 1.165) is 22.6 Å². The van der Waals surface area contributed by atoms with Gasteiger partial charge in [0.2, 0.25) is 5.88 Å². The highest BCUT2D eigenvalue weighted by molar-refractivity contribution is 7.19. The van der Waals surface area contributed by atoms with Crippen molar-refractivity contribution in [2.75, 3.05) is 12.4 Å². The lowest BCUT2D eigenvalue weighted by molar-refractivity contribution is 0.397. The number of pyridine rings is 1. The van der Waals surface area contributed by atoms with E-state index in [1.807, 2.05) is 29.7 Å². The molecule has 0 unspecified atom stereocenters. The molecule has 118 valence electrons. The number of methoxy groups -OCH3 is 1. The Bertz CT molecular complexity index is 828. The Labute approximate surface area is 138 Å². The van der Waals surface area contributed by atoms with Gasteiger partial charge in [-0.1, -0.05) is 6.07 Å². The second-order valence-electron chi connectivity index (χ2n) is 5.68. The Kier molecular flexibility index (Phi) is 3.83. The molecule has 0 amide bonds. The van der Waals surface area contributed by atoms with Gasteiger partial charge in [0.15, 0.2) is 0 Å². The first-order valence-corrected chi connectivity index (χ1v) is 8.65. The van der Waals surface area contributed by atoms with Crippen molar-refractivity contribution < 1.29 is 4.74 Å². The smallest absolute Gasteiger partial charge is 0.212 e. The van der Waals surface area contributed by atoms with Crippen LogP contribution in [0.15, 0.2) is 24.7 Å². The second-order valence-corrected chi connectivity index (χ2v) is 6.76. The molecule has 1 aliphatic rings. The largest absolute Gasteiger partial charge is 0.481 e. The van der Waals surface area contributed by atoms with Gasteiger partial charge >= 0.3 is 0 Å². The molecule has 3 aromatic heterocycles. The summed E-state index contributed by atoms with van der Waals surface area (Å²) in [5.41, 5.74) is 2.55. The zero-order valence-corrected chi connectivity index (χ0v) is 13.8. The number of nitrogens with zero attached hydrogens (tertiary/aromatic N) is 3. The molecule has 0 radical (unpaired) electrons. The summed E-state index contributed by atoms with van der Waals surface area (Å²) < 4.78 is 5.09. The molecule has 0 bridgehead atoms. The summed E-state index contributed by atoms with van der Waals surface area (Å²) in [6.07, 6.45) is 8.34. The highest BCUT2D eigenvalue weighted by Crippen LogP contribution is 2.38. The Morgan fingerprint density at radius 1 is 1.17 bits per heavy atom. The van der Waals surface area contributed by atoms with Crippen LogP contribution >= 0.6 is 11.3 Å². The molecule has 0 saturated carbocycles. The maximum atomic E-state index is 5.09. The van der Waals surface area contributed by atoms with E-state index in [1.165, 1.54) is 35.1 Å². The summed E-state index contributed by atoms with van der Waals surface area (Å²) in [6.45, 7) is 0.688. The number of anilines is 1. The molecule has 0 saturated heterocycles. The number of rotatable bonds is 4. The van der Waals surface area contributed by atoms with E-state index < -0.39 is 0 Å². The van der Waals surface area contributed by atoms with Crippen LogP contribution in [-0.4, -0.2) is 22.1 Å². The van der Waals surface area contributed by atoms with Crippen molar-refractivity contribution in [1.82, 2.24) is 15.0 Å². The maximum Gasteiger partial charge on any atom is 0.212 e. The van der Waals surface area contributed by atoms with Crippen molar-refractivity contribution in [3.8, 4) is 5.88 Å². The number of fused-ring (bicyclic) bond motifs is 3. The van der Waals surface area contributed by atoms with Gasteiger partial charge in [0.25, 0.3) is 0 Å². The lowest BCUT2D eigenvalue weighted by atomic mass is 9.97. The average molecular weight is 326 g/mol. The third-order valence-electron chi connectivity index (χ3n) is 4.22. The average Bonchev–Trinajstić information content (AvgIpc) is 2.99. The first-order valence-electron chi connectivity index (χ1n) is 7.83. The first-order chi connectivity index (χ1) is 11.3. The second kappa shape index (κ2) is 6.12. The van der Waals surface area contributed by atoms with E-state index in [4.69, 9.17) is 4.74 Å². The molecule has 0 aliphatic heterocycles. The zero-order chi connectivity index (χ0) is 15.6. The van der Waals surface area contributed by atoms with E-state index in [1.54, 1.807) is 13.4 Å². The van der Waals surface area contributed by atoms with Crippen LogP contribution in [0.2, 0.25) is 0 Å². The Morgan fingerprint density at radius 3 is 2.91 bits per heavy atom. The zero-order valence-electron chi connectivity index (χ0n) is 13.0. The van der Waals surface area contributed by atoms with Crippen molar-refractivity contribution in [3.05, 3.63) is 40.7 Å². The molecular formula is C17H18N4OS. The van der Waals surface area contributed by atoms with Gasteiger partial charge in [-0.3, -0.25) is 0 Å². The standard InChI is InChI=1S/C17H18N4OS/c1-22-14-7-6-11(8-18-14)9-19-16-15-12-4-2-3-5-13(12)23-17(15)21-10-20-16/h6-8,10H,2-5,9H2,1H3,(H,19,20,21). The minimum atomic E-state index is 0.630. The quantitative estimate of drug-likeness (QED) is 0.794. The van der Waals surface area contributed by atoms with E-state index >= 15 is 0 Å². The van der Waals surface area contributed by atoms with Crippen molar-refractivity contribution in [1.29, 1.82) is 0 Å². The number of hydrogen-bond donors (Lipinski definition) is 1. The van der Waals surface area contributed by atoms with Crippen LogP contribution < -0.4 is 10.1 Å². The number of thiophene rings is 1. The molecule has 0 atom stereocenters. The Balaban J connectivity index is 1.62. The number of hydrogen-bond acceptors (Lipinski definition) is 6. The minimum Gasteiger partial charge on any atom is -0.481 e. The van der Waals surface area contributed by atoms with Crippen LogP contribution in [-0.2, 0) is 19.4 Å². The van der Waals surface area contributed by atoms with Crippen molar-refractivity contribution in [2.45, 2.75) is 32.2 Å². The van der Waals surface area contributed by atoms with Gasteiger partial charge < -0.3 is 10.1 Å². The Morgan fingerprint density at radius 2 is 2.09 bits per heavy atom. The van der Waals surface area contributed by atoms with Crippen LogP contribution in [0.25, 0.3) is 10.2 Å². The van der Waals surface area contributed by atoms with Gasteiger partial charge in [-0.15, -0.1) is 11.3 Å². The molecule has 6 heteroatoms. The summed E-state index contributed by atoms with van der Waals surface area (Å²) in [6, 6.07) is 3.89. The van der Waals surface area contributed by atoms with Gasteiger partial charge in [-0.2, -0.15) is 0 Å². The maximum absolute atomic E-state index is 5.09. The molecule has 1 aliphatic carbocycles. The molecule has 3 aromatic rings.